The van der Waals surface area contributed by atoms with Gasteiger partial charge in [0.05, 0.1) is 12.0 Å². The van der Waals surface area contributed by atoms with Crippen LogP contribution < -0.4 is 4.90 Å². The summed E-state index contributed by atoms with van der Waals surface area (Å²) in [5, 5.41) is 10.00. The lowest BCUT2D eigenvalue weighted by molar-refractivity contribution is -0.152. The fraction of sp³-hybridized carbons (Fsp3) is 0.231. The van der Waals surface area contributed by atoms with Gasteiger partial charge < -0.3 is 14.1 Å². The number of esters is 1. The molecule has 3 heterocycles. The summed E-state index contributed by atoms with van der Waals surface area (Å²) in [6, 6.07) is 20.6. The molecule has 1 fully saturated rings. The number of ether oxygens (including phenoxy) is 1. The lowest BCUT2D eigenvalue weighted by Crippen LogP contribution is -2.45. The van der Waals surface area contributed by atoms with Crippen molar-refractivity contribution in [3.05, 3.63) is 88.4 Å². The molecular weight excluding hydrogens is 450 g/mol. The monoisotopic (exact) mass is 473 g/mol. The lowest BCUT2D eigenvalue weighted by atomic mass is 9.87. The van der Waals surface area contributed by atoms with Crippen LogP contribution in [0, 0.1) is 12.8 Å². The molecule has 0 radical (unpaired) electrons. The molecule has 7 nitrogen and oxygen atoms in total. The Morgan fingerprint density at radius 3 is 2.62 bits per heavy atom. The third-order valence-electron chi connectivity index (χ3n) is 5.87. The Morgan fingerprint density at radius 1 is 1.09 bits per heavy atom. The second-order valence-corrected chi connectivity index (χ2v) is 9.16. The summed E-state index contributed by atoms with van der Waals surface area (Å²) >= 11 is 1.53. The molecule has 172 valence electrons. The van der Waals surface area contributed by atoms with Gasteiger partial charge in [-0.15, -0.1) is 21.5 Å². The van der Waals surface area contributed by atoms with E-state index in [0.29, 0.717) is 12.3 Å². The average molecular weight is 474 g/mol. The molecule has 1 aliphatic heterocycles. The van der Waals surface area contributed by atoms with Crippen LogP contribution in [0.15, 0.2) is 76.5 Å². The molecule has 4 aromatic rings. The lowest BCUT2D eigenvalue weighted by Gasteiger charge is -2.39. The van der Waals surface area contributed by atoms with E-state index in [0.717, 1.165) is 21.7 Å². The van der Waals surface area contributed by atoms with Gasteiger partial charge >= 0.3 is 5.97 Å². The molecule has 0 aliphatic carbocycles. The van der Waals surface area contributed by atoms with Crippen LogP contribution in [0.1, 0.15) is 35.2 Å². The molecule has 1 aliphatic rings. The number of carbonyl (C=O) groups excluding carboxylic acids is 2. The number of piperidine rings is 1. The van der Waals surface area contributed by atoms with E-state index in [1.54, 1.807) is 4.90 Å². The van der Waals surface area contributed by atoms with Crippen molar-refractivity contribution >= 4 is 28.9 Å². The number of rotatable bonds is 6. The highest BCUT2D eigenvalue weighted by atomic mass is 32.1. The van der Waals surface area contributed by atoms with E-state index in [1.807, 2.05) is 79.0 Å². The molecule has 1 amide bonds. The highest BCUT2D eigenvalue weighted by Gasteiger charge is 2.43. The summed E-state index contributed by atoms with van der Waals surface area (Å²) in [6.07, 6.45) is 0.690. The van der Waals surface area contributed by atoms with Gasteiger partial charge in [-0.2, -0.15) is 0 Å². The van der Waals surface area contributed by atoms with Crippen LogP contribution in [0.5, 0.6) is 0 Å². The number of benzene rings is 2. The average Bonchev–Trinajstić information content (AvgIpc) is 3.56. The second-order valence-electron chi connectivity index (χ2n) is 8.18. The molecule has 34 heavy (non-hydrogen) atoms. The van der Waals surface area contributed by atoms with Crippen LogP contribution in [0.25, 0.3) is 11.5 Å². The predicted molar refractivity (Wildman–Crippen MR) is 128 cm³/mol. The molecular formula is C26H23N3O4S. The van der Waals surface area contributed by atoms with E-state index in [-0.39, 0.29) is 30.8 Å². The first kappa shape index (κ1) is 22.0. The van der Waals surface area contributed by atoms with Gasteiger partial charge in [0.2, 0.25) is 11.8 Å². The van der Waals surface area contributed by atoms with Crippen LogP contribution in [0.3, 0.4) is 0 Å². The Hall–Kier alpha value is -3.78. The normalized spacial score (nSPS) is 18.1. The molecule has 0 saturated carbocycles. The predicted octanol–water partition coefficient (Wildman–Crippen LogP) is 5.33. The fourth-order valence-corrected chi connectivity index (χ4v) is 5.06. The fourth-order valence-electron chi connectivity index (χ4n) is 4.18. The maximum atomic E-state index is 13.2. The Kier molecular flexibility index (Phi) is 6.22. The van der Waals surface area contributed by atoms with Crippen molar-refractivity contribution in [1.29, 1.82) is 0 Å². The first-order chi connectivity index (χ1) is 16.6. The summed E-state index contributed by atoms with van der Waals surface area (Å²) in [7, 11) is 0. The molecule has 2 aromatic heterocycles. The van der Waals surface area contributed by atoms with Crippen LogP contribution in [0.4, 0.5) is 5.69 Å². The van der Waals surface area contributed by atoms with Crippen molar-refractivity contribution in [3.8, 4) is 11.5 Å². The second kappa shape index (κ2) is 9.61. The van der Waals surface area contributed by atoms with E-state index in [1.165, 1.54) is 11.3 Å². The van der Waals surface area contributed by atoms with Gasteiger partial charge in [-0.25, -0.2) is 0 Å². The minimum Gasteiger partial charge on any atom is -0.455 e. The van der Waals surface area contributed by atoms with Gasteiger partial charge in [-0.05, 0) is 49.1 Å². The van der Waals surface area contributed by atoms with E-state index in [9.17, 15) is 9.59 Å². The van der Waals surface area contributed by atoms with E-state index >= 15 is 0 Å². The van der Waals surface area contributed by atoms with Crippen LogP contribution in [-0.2, 0) is 20.9 Å². The summed E-state index contributed by atoms with van der Waals surface area (Å²) in [4.78, 5) is 28.9. The van der Waals surface area contributed by atoms with Gasteiger partial charge in [-0.1, -0.05) is 42.0 Å². The largest absolute Gasteiger partial charge is 0.455 e. The standard InChI is InChI=1S/C26H23N3O4S/c1-17-9-11-19(12-10-17)29-23(30)14-13-20(24(29)21-8-5-15-34-21)26(31)32-16-22-27-28-25(33-22)18-6-3-2-4-7-18/h2-12,15,20,24H,13-14,16H2,1H3. The Labute approximate surface area is 201 Å². The molecule has 5 rings (SSSR count). The molecule has 0 N–H and O–H groups in total. The van der Waals surface area contributed by atoms with Crippen molar-refractivity contribution in [3.63, 3.8) is 0 Å². The highest BCUT2D eigenvalue weighted by Crippen LogP contribution is 2.42. The number of nitrogens with zero attached hydrogens (tertiary/aromatic N) is 3. The van der Waals surface area contributed by atoms with Crippen molar-refractivity contribution in [2.24, 2.45) is 5.92 Å². The number of hydrogen-bond acceptors (Lipinski definition) is 7. The van der Waals surface area contributed by atoms with E-state index < -0.39 is 12.0 Å². The van der Waals surface area contributed by atoms with Crippen LogP contribution >= 0.6 is 11.3 Å². The quantitative estimate of drug-likeness (QED) is 0.352. The Balaban J connectivity index is 1.36. The third-order valence-corrected chi connectivity index (χ3v) is 6.82. The van der Waals surface area contributed by atoms with Gasteiger partial charge in [0.25, 0.3) is 5.89 Å². The molecule has 2 aromatic carbocycles. The van der Waals surface area contributed by atoms with E-state index in [4.69, 9.17) is 9.15 Å². The molecule has 2 atom stereocenters. The van der Waals surface area contributed by atoms with Gasteiger partial charge in [0, 0.05) is 22.5 Å². The van der Waals surface area contributed by atoms with Gasteiger partial charge in [0.1, 0.15) is 0 Å². The summed E-state index contributed by atoms with van der Waals surface area (Å²) < 4.78 is 11.3. The Morgan fingerprint density at radius 2 is 1.88 bits per heavy atom. The molecule has 2 unspecified atom stereocenters. The maximum absolute atomic E-state index is 13.2. The molecule has 8 heteroatoms. The minimum absolute atomic E-state index is 0.00397. The number of amides is 1. The van der Waals surface area contributed by atoms with Crippen molar-refractivity contribution in [2.45, 2.75) is 32.4 Å². The summed E-state index contributed by atoms with van der Waals surface area (Å²) in [6.45, 7) is 1.88. The summed E-state index contributed by atoms with van der Waals surface area (Å²) in [5.74, 6) is -0.300. The SMILES string of the molecule is Cc1ccc(N2C(=O)CCC(C(=O)OCc3nnc(-c4ccccc4)o3)C2c2cccs2)cc1. The van der Waals surface area contributed by atoms with Gasteiger partial charge in [-0.3, -0.25) is 9.59 Å². The topological polar surface area (TPSA) is 85.5 Å². The number of anilines is 1. The number of aryl methyl sites for hydroxylation is 1. The number of aromatic nitrogens is 2. The minimum atomic E-state index is -0.505. The highest BCUT2D eigenvalue weighted by molar-refractivity contribution is 7.10. The van der Waals surface area contributed by atoms with Crippen LogP contribution in [0.2, 0.25) is 0 Å². The van der Waals surface area contributed by atoms with Gasteiger partial charge in [0.15, 0.2) is 6.61 Å². The maximum Gasteiger partial charge on any atom is 0.311 e. The van der Waals surface area contributed by atoms with Crippen molar-refractivity contribution in [1.82, 2.24) is 10.2 Å². The zero-order valence-electron chi connectivity index (χ0n) is 18.6. The summed E-state index contributed by atoms with van der Waals surface area (Å²) in [5.41, 5.74) is 2.67. The zero-order chi connectivity index (χ0) is 23.5. The third kappa shape index (κ3) is 4.49. The zero-order valence-corrected chi connectivity index (χ0v) is 19.4. The molecule has 0 bridgehead atoms. The van der Waals surface area contributed by atoms with E-state index in [2.05, 4.69) is 10.2 Å². The number of thiophene rings is 1. The first-order valence-corrected chi connectivity index (χ1v) is 11.9. The molecule has 1 saturated heterocycles. The van der Waals surface area contributed by atoms with Crippen molar-refractivity contribution < 1.29 is 18.7 Å². The Bertz CT molecular complexity index is 1270. The van der Waals surface area contributed by atoms with Crippen molar-refractivity contribution in [2.75, 3.05) is 4.90 Å². The number of hydrogen-bond donors (Lipinski definition) is 0. The van der Waals surface area contributed by atoms with Crippen LogP contribution in [-0.4, -0.2) is 22.1 Å². The molecule has 0 spiro atoms. The smallest absolute Gasteiger partial charge is 0.311 e. The number of carbonyl (C=O) groups is 2. The first-order valence-electron chi connectivity index (χ1n) is 11.1.